The van der Waals surface area contributed by atoms with Gasteiger partial charge in [0.1, 0.15) is 5.84 Å². The number of hydrogen-bond donors (Lipinski definition) is 2. The molecule has 24 heavy (non-hydrogen) atoms. The Morgan fingerprint density at radius 1 is 1.21 bits per heavy atom. The normalized spacial score (nSPS) is 25.0. The Morgan fingerprint density at radius 2 is 2.04 bits per heavy atom. The van der Waals surface area contributed by atoms with Crippen LogP contribution in [-0.4, -0.2) is 24.5 Å². The van der Waals surface area contributed by atoms with E-state index < -0.39 is 0 Å². The van der Waals surface area contributed by atoms with Crippen LogP contribution in [0.25, 0.3) is 0 Å². The second kappa shape index (κ2) is 5.98. The lowest BCUT2D eigenvalue weighted by Crippen LogP contribution is -2.44. The summed E-state index contributed by atoms with van der Waals surface area (Å²) in [6, 6.07) is 14.1. The summed E-state index contributed by atoms with van der Waals surface area (Å²) in [5.41, 5.74) is 3.24. The van der Waals surface area contributed by atoms with Crippen LogP contribution in [0.5, 0.6) is 0 Å². The van der Waals surface area contributed by atoms with Gasteiger partial charge in [0.05, 0.1) is 18.0 Å². The lowest BCUT2D eigenvalue weighted by molar-refractivity contribution is 0.496. The van der Waals surface area contributed by atoms with Gasteiger partial charge >= 0.3 is 0 Å². The summed E-state index contributed by atoms with van der Waals surface area (Å²) >= 11 is 12.7. The van der Waals surface area contributed by atoms with Crippen LogP contribution >= 0.6 is 23.2 Å². The first kappa shape index (κ1) is 15.8. The van der Waals surface area contributed by atoms with Crippen molar-refractivity contribution in [1.82, 2.24) is 5.32 Å². The van der Waals surface area contributed by atoms with Crippen molar-refractivity contribution in [3.05, 3.63) is 63.6 Å². The number of aliphatic imine (C=N–C) groups is 1. The number of rotatable bonds is 3. The molecule has 5 heteroatoms. The third-order valence-corrected chi connectivity index (χ3v) is 5.47. The molecular weight excluding hydrogens is 341 g/mol. The van der Waals surface area contributed by atoms with E-state index in [0.29, 0.717) is 0 Å². The van der Waals surface area contributed by atoms with Gasteiger partial charge in [-0.15, -0.1) is 0 Å². The van der Waals surface area contributed by atoms with Crippen LogP contribution in [0.15, 0.2) is 47.5 Å². The molecule has 2 aromatic rings. The number of amidine groups is 1. The van der Waals surface area contributed by atoms with Crippen molar-refractivity contribution in [2.24, 2.45) is 4.99 Å². The molecule has 3 nitrogen and oxygen atoms in total. The zero-order valence-corrected chi connectivity index (χ0v) is 15.0. The van der Waals surface area contributed by atoms with Crippen LogP contribution < -0.4 is 10.6 Å². The van der Waals surface area contributed by atoms with E-state index in [1.807, 2.05) is 24.3 Å². The number of anilines is 1. The fraction of sp³-hybridized carbons (Fsp3) is 0.316. The summed E-state index contributed by atoms with van der Waals surface area (Å²) in [6.07, 6.45) is 0.810. The van der Waals surface area contributed by atoms with Crippen molar-refractivity contribution in [2.75, 3.05) is 18.4 Å². The Labute approximate surface area is 152 Å². The predicted molar refractivity (Wildman–Crippen MR) is 102 cm³/mol. The van der Waals surface area contributed by atoms with E-state index in [-0.39, 0.29) is 11.5 Å². The number of benzene rings is 2. The number of fused-ring (bicyclic) bond motifs is 1. The molecule has 2 aliphatic heterocycles. The number of halogens is 2. The number of nitrogens with one attached hydrogen (secondary N) is 2. The van der Waals surface area contributed by atoms with Crippen molar-refractivity contribution in [3.8, 4) is 0 Å². The average Bonchev–Trinajstić information content (AvgIpc) is 3.14. The highest BCUT2D eigenvalue weighted by atomic mass is 35.5. The molecule has 0 aliphatic carbocycles. The Hall–Kier alpha value is -1.71. The molecule has 0 saturated heterocycles. The lowest BCUT2D eigenvalue weighted by Gasteiger charge is -2.33. The average molecular weight is 360 g/mol. The van der Waals surface area contributed by atoms with E-state index >= 15 is 0 Å². The van der Waals surface area contributed by atoms with Crippen molar-refractivity contribution in [3.63, 3.8) is 0 Å². The van der Waals surface area contributed by atoms with Gasteiger partial charge in [-0.3, -0.25) is 4.99 Å². The first-order valence-electron chi connectivity index (χ1n) is 8.16. The highest BCUT2D eigenvalue weighted by Crippen LogP contribution is 2.46. The first-order chi connectivity index (χ1) is 11.6. The molecule has 0 fully saturated rings. The lowest BCUT2D eigenvalue weighted by atomic mass is 9.79. The van der Waals surface area contributed by atoms with Crippen molar-refractivity contribution in [2.45, 2.75) is 24.8 Å². The van der Waals surface area contributed by atoms with Gasteiger partial charge in [0.2, 0.25) is 0 Å². The molecule has 0 radical (unpaired) electrons. The summed E-state index contributed by atoms with van der Waals surface area (Å²) < 4.78 is 0. The molecule has 0 bridgehead atoms. The molecule has 2 N–H and O–H groups in total. The molecule has 0 aromatic heterocycles. The van der Waals surface area contributed by atoms with Crippen LogP contribution in [0, 0.1) is 0 Å². The smallest absolute Gasteiger partial charge is 0.106 e. The van der Waals surface area contributed by atoms with Crippen LogP contribution in [0.4, 0.5) is 5.69 Å². The van der Waals surface area contributed by atoms with Gasteiger partial charge in [-0.1, -0.05) is 41.4 Å². The molecule has 4 rings (SSSR count). The maximum absolute atomic E-state index is 6.41. The molecule has 2 aliphatic rings. The van der Waals surface area contributed by atoms with Gasteiger partial charge < -0.3 is 10.6 Å². The van der Waals surface area contributed by atoms with Gasteiger partial charge in [-0.25, -0.2) is 0 Å². The summed E-state index contributed by atoms with van der Waals surface area (Å²) in [4.78, 5) is 4.70. The van der Waals surface area contributed by atoms with Crippen LogP contribution in [-0.2, 0) is 6.42 Å². The van der Waals surface area contributed by atoms with E-state index in [9.17, 15) is 0 Å². The van der Waals surface area contributed by atoms with Gasteiger partial charge in [0, 0.05) is 22.3 Å². The van der Waals surface area contributed by atoms with E-state index in [1.54, 1.807) is 0 Å². The quantitative estimate of drug-likeness (QED) is 0.845. The summed E-state index contributed by atoms with van der Waals surface area (Å²) in [5, 5.41) is 8.70. The van der Waals surface area contributed by atoms with Crippen molar-refractivity contribution in [1.29, 1.82) is 0 Å². The summed E-state index contributed by atoms with van der Waals surface area (Å²) in [6.45, 7) is 3.95. The molecule has 0 saturated carbocycles. The highest BCUT2D eigenvalue weighted by Gasteiger charge is 2.46. The Balaban J connectivity index is 1.78. The summed E-state index contributed by atoms with van der Waals surface area (Å²) in [7, 11) is 0. The molecular formula is C19H19Cl2N3. The zero-order chi connectivity index (χ0) is 16.7. The standard InChI is InChI=1S/C19H19Cl2N3/c1-19(11-12-4-2-3-5-15(12)21)17(18-22-8-9-23-18)14-10-13(20)6-7-16(14)24-19/h2-7,10,17,24H,8-9,11H2,1H3,(H,22,23). The molecule has 2 unspecified atom stereocenters. The van der Waals surface area contributed by atoms with Crippen LogP contribution in [0.1, 0.15) is 24.0 Å². The van der Waals surface area contributed by atoms with Crippen molar-refractivity contribution >= 4 is 34.7 Å². The molecule has 0 amide bonds. The highest BCUT2D eigenvalue weighted by molar-refractivity contribution is 6.31. The largest absolute Gasteiger partial charge is 0.378 e. The van der Waals surface area contributed by atoms with Gasteiger partial charge in [-0.05, 0) is 48.7 Å². The second-order valence-electron chi connectivity index (χ2n) is 6.67. The van der Waals surface area contributed by atoms with Gasteiger partial charge in [0.15, 0.2) is 0 Å². The van der Waals surface area contributed by atoms with E-state index in [1.165, 1.54) is 5.56 Å². The Kier molecular flexibility index (Phi) is 3.93. The van der Waals surface area contributed by atoms with Gasteiger partial charge in [0.25, 0.3) is 0 Å². The molecule has 2 atom stereocenters. The molecule has 124 valence electrons. The minimum absolute atomic E-state index is 0.130. The summed E-state index contributed by atoms with van der Waals surface area (Å²) in [5.74, 6) is 1.17. The van der Waals surface area contributed by atoms with Crippen molar-refractivity contribution < 1.29 is 0 Å². The fourth-order valence-electron chi connectivity index (χ4n) is 3.85. The molecule has 2 aromatic carbocycles. The third-order valence-electron chi connectivity index (χ3n) is 4.87. The fourth-order valence-corrected chi connectivity index (χ4v) is 4.23. The minimum Gasteiger partial charge on any atom is -0.378 e. The number of hydrogen-bond acceptors (Lipinski definition) is 3. The van der Waals surface area contributed by atoms with E-state index in [2.05, 4.69) is 35.8 Å². The molecule has 0 spiro atoms. The first-order valence-corrected chi connectivity index (χ1v) is 8.92. The Morgan fingerprint density at radius 3 is 2.79 bits per heavy atom. The van der Waals surface area contributed by atoms with Crippen LogP contribution in [0.3, 0.4) is 0 Å². The minimum atomic E-state index is -0.214. The van der Waals surface area contributed by atoms with Gasteiger partial charge in [-0.2, -0.15) is 0 Å². The topological polar surface area (TPSA) is 36.4 Å². The zero-order valence-electron chi connectivity index (χ0n) is 13.4. The monoisotopic (exact) mass is 359 g/mol. The van der Waals surface area contributed by atoms with E-state index in [0.717, 1.165) is 46.6 Å². The maximum Gasteiger partial charge on any atom is 0.106 e. The van der Waals surface area contributed by atoms with E-state index in [4.69, 9.17) is 28.2 Å². The SMILES string of the molecule is CC1(Cc2ccccc2Cl)Nc2ccc(Cl)cc2C1C1=NCCN1. The third kappa shape index (κ3) is 2.66. The predicted octanol–water partition coefficient (Wildman–Crippen LogP) is 4.51. The Bertz CT molecular complexity index is 818. The second-order valence-corrected chi connectivity index (χ2v) is 7.51. The molecule has 2 heterocycles. The van der Waals surface area contributed by atoms with Crippen LogP contribution in [0.2, 0.25) is 10.0 Å². The maximum atomic E-state index is 6.41. The number of nitrogens with zero attached hydrogens (tertiary/aromatic N) is 1.